The quantitative estimate of drug-likeness (QED) is 0.681. The van der Waals surface area contributed by atoms with E-state index in [1.807, 2.05) is 12.1 Å². The smallest absolute Gasteiger partial charge is 0.226 e. The molecule has 3 atom stereocenters. The molecule has 3 unspecified atom stereocenters. The van der Waals surface area contributed by atoms with Crippen molar-refractivity contribution in [3.05, 3.63) is 23.8 Å². The number of halogens is 1. The second-order valence-electron chi connectivity index (χ2n) is 10.3. The van der Waals surface area contributed by atoms with Crippen LogP contribution in [0.5, 0.6) is 11.5 Å². The van der Waals surface area contributed by atoms with Crippen molar-refractivity contribution < 1.29 is 14.3 Å². The number of carbonyl (C=O) groups is 1. The molecular weight excluding hydrogens is 386 g/mol. The van der Waals surface area contributed by atoms with Crippen LogP contribution >= 0.6 is 11.6 Å². The van der Waals surface area contributed by atoms with Crippen LogP contribution in [0.3, 0.4) is 0 Å². The number of carbonyl (C=O) groups excluding carboxylic acids is 1. The Hall–Kier alpha value is -1.42. The number of fused-ring (bicyclic) bond motifs is 1. The first-order valence-electron chi connectivity index (χ1n) is 11.3. The Balaban J connectivity index is 1.39. The van der Waals surface area contributed by atoms with Crippen LogP contribution in [0.25, 0.3) is 0 Å². The molecule has 158 valence electrons. The first-order valence-corrected chi connectivity index (χ1v) is 11.6. The van der Waals surface area contributed by atoms with Crippen molar-refractivity contribution in [3.8, 4) is 11.5 Å². The predicted molar refractivity (Wildman–Crippen MR) is 113 cm³/mol. The van der Waals surface area contributed by atoms with Crippen molar-refractivity contribution in [1.82, 2.24) is 5.32 Å². The summed E-state index contributed by atoms with van der Waals surface area (Å²) in [6.07, 6.45) is 7.20. The number of rotatable bonds is 4. The summed E-state index contributed by atoms with van der Waals surface area (Å²) in [5.41, 5.74) is 0.812. The van der Waals surface area contributed by atoms with E-state index in [2.05, 4.69) is 25.2 Å². The first kappa shape index (κ1) is 19.5. The molecule has 1 N–H and O–H groups in total. The standard InChI is InChI=1S/C24H32ClNO3/c1-15(2)21(18-4-5-19-20(9-18)29-7-3-6-28-19)26-22(27)23-10-16-8-17(11-23)13-24(25,12-16)14-23/h4-5,9,15-17,21H,3,6-8,10-14H2,1-2H3,(H,26,27). The minimum absolute atomic E-state index is 0.0427. The highest BCUT2D eigenvalue weighted by atomic mass is 35.5. The number of nitrogens with one attached hydrogen (secondary N) is 1. The van der Waals surface area contributed by atoms with E-state index in [9.17, 15) is 4.79 Å². The van der Waals surface area contributed by atoms with Gasteiger partial charge in [-0.15, -0.1) is 11.6 Å². The van der Waals surface area contributed by atoms with Gasteiger partial charge in [-0.3, -0.25) is 4.79 Å². The Labute approximate surface area is 178 Å². The molecular formula is C24H32ClNO3. The van der Waals surface area contributed by atoms with Gasteiger partial charge in [0.15, 0.2) is 11.5 Å². The molecule has 6 rings (SSSR count). The molecule has 0 radical (unpaired) electrons. The highest BCUT2D eigenvalue weighted by molar-refractivity contribution is 6.24. The van der Waals surface area contributed by atoms with Gasteiger partial charge in [0.25, 0.3) is 0 Å². The lowest BCUT2D eigenvalue weighted by Crippen LogP contribution is -2.58. The number of benzene rings is 1. The van der Waals surface area contributed by atoms with Crippen LogP contribution < -0.4 is 14.8 Å². The summed E-state index contributed by atoms with van der Waals surface area (Å²) in [6, 6.07) is 6.06. The predicted octanol–water partition coefficient (Wildman–Crippen LogP) is 5.24. The van der Waals surface area contributed by atoms with Gasteiger partial charge < -0.3 is 14.8 Å². The Bertz CT molecular complexity index is 793. The second kappa shape index (κ2) is 7.08. The minimum atomic E-state index is -0.274. The Kier molecular flexibility index (Phi) is 4.77. The van der Waals surface area contributed by atoms with Crippen LogP contribution in [0.15, 0.2) is 18.2 Å². The van der Waals surface area contributed by atoms with E-state index in [0.717, 1.165) is 55.6 Å². The Morgan fingerprint density at radius 3 is 2.45 bits per heavy atom. The van der Waals surface area contributed by atoms with Crippen LogP contribution in [0.4, 0.5) is 0 Å². The van der Waals surface area contributed by atoms with Crippen molar-refractivity contribution in [1.29, 1.82) is 0 Å². The van der Waals surface area contributed by atoms with Gasteiger partial charge in [0.2, 0.25) is 5.91 Å². The molecule has 1 heterocycles. The van der Waals surface area contributed by atoms with Gasteiger partial charge in [-0.2, -0.15) is 0 Å². The van der Waals surface area contributed by atoms with Crippen LogP contribution in [-0.4, -0.2) is 24.0 Å². The van der Waals surface area contributed by atoms with Crippen LogP contribution in [-0.2, 0) is 4.79 Å². The summed E-state index contributed by atoms with van der Waals surface area (Å²) in [4.78, 5) is 13.5. The van der Waals surface area contributed by atoms with Crippen LogP contribution in [0.2, 0.25) is 0 Å². The van der Waals surface area contributed by atoms with Crippen LogP contribution in [0, 0.1) is 23.2 Å². The van der Waals surface area contributed by atoms with E-state index in [4.69, 9.17) is 21.1 Å². The average molecular weight is 418 g/mol. The lowest BCUT2D eigenvalue weighted by molar-refractivity contribution is -0.145. The molecule has 5 aliphatic rings. The molecule has 4 aliphatic carbocycles. The molecule has 1 amide bonds. The summed E-state index contributed by atoms with van der Waals surface area (Å²) in [5, 5.41) is 3.44. The maximum atomic E-state index is 13.6. The molecule has 4 nitrogen and oxygen atoms in total. The molecule has 29 heavy (non-hydrogen) atoms. The van der Waals surface area contributed by atoms with Gasteiger partial charge in [-0.25, -0.2) is 0 Å². The first-order chi connectivity index (χ1) is 13.9. The number of hydrogen-bond donors (Lipinski definition) is 1. The van der Waals surface area contributed by atoms with Crippen molar-refractivity contribution in [2.75, 3.05) is 13.2 Å². The zero-order valence-electron chi connectivity index (χ0n) is 17.5. The van der Waals surface area contributed by atoms with Crippen molar-refractivity contribution >= 4 is 17.5 Å². The fraction of sp³-hybridized carbons (Fsp3) is 0.708. The monoisotopic (exact) mass is 417 g/mol. The van der Waals surface area contributed by atoms with Gasteiger partial charge >= 0.3 is 0 Å². The third-order valence-corrected chi connectivity index (χ3v) is 8.00. The minimum Gasteiger partial charge on any atom is -0.490 e. The SMILES string of the molecule is CC(C)C(NC(=O)C12CC3CC(CC(Cl)(C3)C1)C2)c1ccc2c(c1)OCCCO2. The van der Waals surface area contributed by atoms with Crippen molar-refractivity contribution in [2.24, 2.45) is 23.2 Å². The average Bonchev–Trinajstić information content (AvgIpc) is 2.88. The molecule has 1 aromatic rings. The fourth-order valence-corrected chi connectivity index (χ4v) is 7.41. The molecule has 1 aromatic carbocycles. The highest BCUT2D eigenvalue weighted by Crippen LogP contribution is 2.64. The van der Waals surface area contributed by atoms with E-state index in [0.29, 0.717) is 25.0 Å². The maximum absolute atomic E-state index is 13.6. The van der Waals surface area contributed by atoms with Crippen molar-refractivity contribution in [2.45, 2.75) is 69.7 Å². The van der Waals surface area contributed by atoms with E-state index in [1.54, 1.807) is 0 Å². The molecule has 0 aromatic heterocycles. The van der Waals surface area contributed by atoms with Gasteiger partial charge in [0, 0.05) is 11.3 Å². The van der Waals surface area contributed by atoms with E-state index >= 15 is 0 Å². The molecule has 4 saturated carbocycles. The number of hydrogen-bond acceptors (Lipinski definition) is 3. The van der Waals surface area contributed by atoms with Crippen LogP contribution in [0.1, 0.15) is 70.4 Å². The number of alkyl halides is 1. The fourth-order valence-electron chi connectivity index (χ4n) is 6.72. The van der Waals surface area contributed by atoms with Crippen molar-refractivity contribution in [3.63, 3.8) is 0 Å². The number of ether oxygens (including phenoxy) is 2. The third kappa shape index (κ3) is 3.52. The molecule has 4 fully saturated rings. The zero-order chi connectivity index (χ0) is 20.2. The summed E-state index contributed by atoms with van der Waals surface area (Å²) >= 11 is 6.97. The molecule has 0 saturated heterocycles. The van der Waals surface area contributed by atoms with E-state index in [-0.39, 0.29) is 28.2 Å². The zero-order valence-corrected chi connectivity index (χ0v) is 18.3. The summed E-state index contributed by atoms with van der Waals surface area (Å²) in [5.74, 6) is 3.31. The molecule has 5 heteroatoms. The number of amides is 1. The lowest BCUT2D eigenvalue weighted by atomic mass is 9.49. The maximum Gasteiger partial charge on any atom is 0.226 e. The summed E-state index contributed by atoms with van der Waals surface area (Å²) in [6.45, 7) is 5.67. The Morgan fingerprint density at radius 1 is 1.10 bits per heavy atom. The lowest BCUT2D eigenvalue weighted by Gasteiger charge is -2.59. The third-order valence-electron chi connectivity index (χ3n) is 7.56. The topological polar surface area (TPSA) is 47.6 Å². The van der Waals surface area contributed by atoms with Gasteiger partial charge in [-0.05, 0) is 74.0 Å². The largest absolute Gasteiger partial charge is 0.490 e. The molecule has 1 aliphatic heterocycles. The molecule has 4 bridgehead atoms. The van der Waals surface area contributed by atoms with Gasteiger partial charge in [-0.1, -0.05) is 19.9 Å². The summed E-state index contributed by atoms with van der Waals surface area (Å²) in [7, 11) is 0. The highest BCUT2D eigenvalue weighted by Gasteiger charge is 2.60. The van der Waals surface area contributed by atoms with Gasteiger partial charge in [0.1, 0.15) is 0 Å². The second-order valence-corrected chi connectivity index (χ2v) is 11.1. The summed E-state index contributed by atoms with van der Waals surface area (Å²) < 4.78 is 11.7. The Morgan fingerprint density at radius 2 is 1.79 bits per heavy atom. The molecule has 0 spiro atoms. The van der Waals surface area contributed by atoms with E-state index in [1.165, 1.54) is 6.42 Å². The normalized spacial score (nSPS) is 36.0. The van der Waals surface area contributed by atoms with E-state index < -0.39 is 0 Å². The van der Waals surface area contributed by atoms with Gasteiger partial charge in [0.05, 0.1) is 24.7 Å².